The molecule has 0 amide bonds. The summed E-state index contributed by atoms with van der Waals surface area (Å²) in [6.45, 7) is 3.18. The van der Waals surface area contributed by atoms with E-state index in [2.05, 4.69) is 0 Å². The highest BCUT2D eigenvalue weighted by Crippen LogP contribution is 2.11. The van der Waals surface area contributed by atoms with E-state index in [1.807, 2.05) is 6.92 Å². The van der Waals surface area contributed by atoms with Crippen molar-refractivity contribution >= 4 is 5.97 Å². The van der Waals surface area contributed by atoms with Gasteiger partial charge in [0.05, 0.1) is 13.2 Å². The molecule has 1 rings (SSSR count). The van der Waals surface area contributed by atoms with Crippen molar-refractivity contribution in [3.63, 3.8) is 0 Å². The zero-order valence-electron chi connectivity index (χ0n) is 6.13. The van der Waals surface area contributed by atoms with Crippen molar-refractivity contribution in [2.45, 2.75) is 25.9 Å². The normalized spacial score (nSPS) is 23.5. The van der Waals surface area contributed by atoms with E-state index in [0.29, 0.717) is 13.2 Å². The Morgan fingerprint density at radius 2 is 2.50 bits per heavy atom. The van der Waals surface area contributed by atoms with Crippen LogP contribution < -0.4 is 0 Å². The Bertz CT molecular complexity index is 118. The van der Waals surface area contributed by atoms with E-state index in [9.17, 15) is 4.79 Å². The average molecular weight is 144 g/mol. The summed E-state index contributed by atoms with van der Waals surface area (Å²) in [6.07, 6.45) is 1.44. The van der Waals surface area contributed by atoms with Crippen molar-refractivity contribution in [1.82, 2.24) is 0 Å². The van der Waals surface area contributed by atoms with Crippen LogP contribution in [0.4, 0.5) is 0 Å². The van der Waals surface area contributed by atoms with Gasteiger partial charge in [0.25, 0.3) is 0 Å². The lowest BCUT2D eigenvalue weighted by atomic mass is 10.2. The maximum Gasteiger partial charge on any atom is 0.335 e. The lowest BCUT2D eigenvalue weighted by Gasteiger charge is -2.23. The molecule has 0 spiro atoms. The topological polar surface area (TPSA) is 35.5 Å². The molecule has 0 radical (unpaired) electrons. The van der Waals surface area contributed by atoms with E-state index >= 15 is 0 Å². The van der Waals surface area contributed by atoms with Gasteiger partial charge in [-0.05, 0) is 6.42 Å². The summed E-state index contributed by atoms with van der Waals surface area (Å²) in [5, 5.41) is 0. The Morgan fingerprint density at radius 3 is 2.90 bits per heavy atom. The molecule has 0 N–H and O–H groups in total. The summed E-state index contributed by atoms with van der Waals surface area (Å²) >= 11 is 0. The van der Waals surface area contributed by atoms with Crippen molar-refractivity contribution in [2.24, 2.45) is 0 Å². The van der Waals surface area contributed by atoms with Crippen LogP contribution in [0.25, 0.3) is 0 Å². The molecular weight excluding hydrogens is 132 g/mol. The minimum atomic E-state index is -0.258. The minimum Gasteiger partial charge on any atom is -0.464 e. The Balaban J connectivity index is 2.08. The third-order valence-corrected chi connectivity index (χ3v) is 1.41. The van der Waals surface area contributed by atoms with Crippen molar-refractivity contribution in [1.29, 1.82) is 0 Å². The maximum atomic E-state index is 10.8. The van der Waals surface area contributed by atoms with Gasteiger partial charge >= 0.3 is 5.97 Å². The first kappa shape index (κ1) is 7.54. The second-order valence-electron chi connectivity index (χ2n) is 2.32. The second kappa shape index (κ2) is 3.56. The van der Waals surface area contributed by atoms with E-state index in [1.54, 1.807) is 0 Å². The van der Waals surface area contributed by atoms with Crippen LogP contribution in [0.2, 0.25) is 0 Å². The predicted octanol–water partition coefficient (Wildman–Crippen LogP) is 0.729. The standard InChI is InChI=1S/C7H12O3/c1-2-4-10-7(8)6-3-5-9-6/h6H,2-5H2,1H3. The second-order valence-corrected chi connectivity index (χ2v) is 2.32. The Morgan fingerprint density at radius 1 is 1.80 bits per heavy atom. The highest BCUT2D eigenvalue weighted by molar-refractivity contribution is 5.75. The van der Waals surface area contributed by atoms with Gasteiger partial charge in [0.2, 0.25) is 0 Å². The summed E-state index contributed by atoms with van der Waals surface area (Å²) in [5.41, 5.74) is 0. The molecule has 1 fully saturated rings. The molecule has 1 aliphatic heterocycles. The molecule has 58 valence electrons. The van der Waals surface area contributed by atoms with Gasteiger partial charge in [-0.3, -0.25) is 0 Å². The quantitative estimate of drug-likeness (QED) is 0.548. The van der Waals surface area contributed by atoms with Gasteiger partial charge in [0, 0.05) is 6.42 Å². The molecule has 0 aromatic carbocycles. The molecule has 1 aliphatic rings. The highest BCUT2D eigenvalue weighted by Gasteiger charge is 2.27. The summed E-state index contributed by atoms with van der Waals surface area (Å²) < 4.78 is 9.75. The van der Waals surface area contributed by atoms with Gasteiger partial charge in [-0.2, -0.15) is 0 Å². The molecule has 0 saturated carbocycles. The van der Waals surface area contributed by atoms with Crippen LogP contribution >= 0.6 is 0 Å². The minimum absolute atomic E-state index is 0.201. The van der Waals surface area contributed by atoms with Crippen molar-refractivity contribution < 1.29 is 14.3 Å². The summed E-state index contributed by atoms with van der Waals surface area (Å²) in [5.74, 6) is -0.201. The molecule has 3 heteroatoms. The van der Waals surface area contributed by atoms with Gasteiger partial charge in [0.15, 0.2) is 6.10 Å². The van der Waals surface area contributed by atoms with Crippen molar-refractivity contribution in [2.75, 3.05) is 13.2 Å². The molecule has 10 heavy (non-hydrogen) atoms. The number of hydrogen-bond acceptors (Lipinski definition) is 3. The van der Waals surface area contributed by atoms with E-state index in [0.717, 1.165) is 12.8 Å². The van der Waals surface area contributed by atoms with Crippen LogP contribution in [-0.2, 0) is 14.3 Å². The van der Waals surface area contributed by atoms with Crippen LogP contribution in [0.1, 0.15) is 19.8 Å². The molecule has 0 aromatic heterocycles. The number of ether oxygens (including phenoxy) is 2. The highest BCUT2D eigenvalue weighted by atomic mass is 16.6. The largest absolute Gasteiger partial charge is 0.464 e. The molecule has 1 atom stereocenters. The molecule has 0 bridgehead atoms. The third kappa shape index (κ3) is 1.70. The number of hydrogen-bond donors (Lipinski definition) is 0. The fourth-order valence-corrected chi connectivity index (χ4v) is 0.717. The molecule has 1 unspecified atom stereocenters. The van der Waals surface area contributed by atoms with E-state index in [-0.39, 0.29) is 12.1 Å². The fraction of sp³-hybridized carbons (Fsp3) is 0.857. The van der Waals surface area contributed by atoms with Crippen LogP contribution in [0, 0.1) is 0 Å². The Labute approximate surface area is 60.3 Å². The fourth-order valence-electron chi connectivity index (χ4n) is 0.717. The number of rotatable bonds is 3. The van der Waals surface area contributed by atoms with Crippen LogP contribution in [0.15, 0.2) is 0 Å². The molecule has 1 saturated heterocycles. The van der Waals surface area contributed by atoms with Crippen molar-refractivity contribution in [3.05, 3.63) is 0 Å². The molecule has 0 aromatic rings. The monoisotopic (exact) mass is 144 g/mol. The zero-order chi connectivity index (χ0) is 7.40. The van der Waals surface area contributed by atoms with Gasteiger partial charge in [0.1, 0.15) is 0 Å². The molecule has 0 aliphatic carbocycles. The van der Waals surface area contributed by atoms with Gasteiger partial charge in [-0.1, -0.05) is 6.92 Å². The van der Waals surface area contributed by atoms with Crippen LogP contribution in [0.3, 0.4) is 0 Å². The summed E-state index contributed by atoms with van der Waals surface area (Å²) in [6, 6.07) is 0. The molecular formula is C7H12O3. The Hall–Kier alpha value is -0.570. The Kier molecular flexibility index (Phi) is 2.68. The summed E-state index contributed by atoms with van der Waals surface area (Å²) in [7, 11) is 0. The zero-order valence-corrected chi connectivity index (χ0v) is 6.13. The number of carbonyl (C=O) groups excluding carboxylic acids is 1. The average Bonchev–Trinajstić information content (AvgIpc) is 1.79. The van der Waals surface area contributed by atoms with Crippen molar-refractivity contribution in [3.8, 4) is 0 Å². The molecule has 1 heterocycles. The van der Waals surface area contributed by atoms with E-state index in [4.69, 9.17) is 9.47 Å². The van der Waals surface area contributed by atoms with Gasteiger partial charge < -0.3 is 9.47 Å². The van der Waals surface area contributed by atoms with Gasteiger partial charge in [-0.15, -0.1) is 0 Å². The predicted molar refractivity (Wildman–Crippen MR) is 35.6 cm³/mol. The first-order chi connectivity index (χ1) is 4.84. The smallest absolute Gasteiger partial charge is 0.335 e. The lowest BCUT2D eigenvalue weighted by molar-refractivity contribution is -0.169. The third-order valence-electron chi connectivity index (χ3n) is 1.41. The molecule has 3 nitrogen and oxygen atoms in total. The first-order valence-corrected chi connectivity index (χ1v) is 3.63. The van der Waals surface area contributed by atoms with E-state index in [1.165, 1.54) is 0 Å². The lowest BCUT2D eigenvalue weighted by Crippen LogP contribution is -2.36. The number of carbonyl (C=O) groups is 1. The van der Waals surface area contributed by atoms with Gasteiger partial charge in [-0.25, -0.2) is 4.79 Å². The van der Waals surface area contributed by atoms with Crippen LogP contribution in [-0.4, -0.2) is 25.3 Å². The first-order valence-electron chi connectivity index (χ1n) is 3.63. The maximum absolute atomic E-state index is 10.8. The van der Waals surface area contributed by atoms with E-state index < -0.39 is 0 Å². The SMILES string of the molecule is CCCOC(=O)C1CCO1. The summed E-state index contributed by atoms with van der Waals surface area (Å²) in [4.78, 5) is 10.8. The number of esters is 1. The van der Waals surface area contributed by atoms with Crippen LogP contribution in [0.5, 0.6) is 0 Å².